The third kappa shape index (κ3) is 5.89. The van der Waals surface area contributed by atoms with Crippen molar-refractivity contribution in [3.05, 3.63) is 65.7 Å². The number of hydrogen-bond acceptors (Lipinski definition) is 4. The van der Waals surface area contributed by atoms with E-state index in [1.165, 1.54) is 17.5 Å². The number of likely N-dealkylation sites (tertiary alicyclic amines) is 1. The smallest absolute Gasteiger partial charge is 0.253 e. The number of carbonyl (C=O) groups excluding carboxylic acids is 1. The first-order chi connectivity index (χ1) is 14.3. The van der Waals surface area contributed by atoms with Gasteiger partial charge in [0.05, 0.1) is 0 Å². The molecule has 4 rings (SSSR count). The Morgan fingerprint density at radius 3 is 2.76 bits per heavy atom. The van der Waals surface area contributed by atoms with Gasteiger partial charge in [-0.25, -0.2) is 0 Å². The highest BCUT2D eigenvalue weighted by Crippen LogP contribution is 2.17. The molecule has 2 atom stereocenters. The Hall–Kier alpha value is -2.21. The van der Waals surface area contributed by atoms with Gasteiger partial charge in [0.1, 0.15) is 6.10 Å². The minimum atomic E-state index is -0.294. The summed E-state index contributed by atoms with van der Waals surface area (Å²) < 4.78 is 5.46. The number of carbonyl (C=O) groups is 1. The van der Waals surface area contributed by atoms with Gasteiger partial charge in [0.2, 0.25) is 0 Å². The Morgan fingerprint density at radius 2 is 1.93 bits per heavy atom. The summed E-state index contributed by atoms with van der Waals surface area (Å²) in [5, 5.41) is 6.67. The van der Waals surface area contributed by atoms with Crippen molar-refractivity contribution in [2.24, 2.45) is 0 Å². The highest BCUT2D eigenvalue weighted by atomic mass is 16.5. The molecule has 5 nitrogen and oxygen atoms in total. The molecule has 1 amide bonds. The van der Waals surface area contributed by atoms with Crippen LogP contribution in [0.2, 0.25) is 0 Å². The molecular formula is C24H31N3O2. The van der Waals surface area contributed by atoms with Gasteiger partial charge in [0, 0.05) is 38.0 Å². The molecule has 2 aromatic rings. The topological polar surface area (TPSA) is 53.6 Å². The molecule has 2 aromatic carbocycles. The molecule has 0 aromatic heterocycles. The van der Waals surface area contributed by atoms with Crippen LogP contribution in [0, 0.1) is 0 Å². The molecule has 2 aliphatic heterocycles. The fourth-order valence-electron chi connectivity index (χ4n) is 4.16. The molecular weight excluding hydrogens is 362 g/mol. The van der Waals surface area contributed by atoms with Gasteiger partial charge in [-0.15, -0.1) is 0 Å². The summed E-state index contributed by atoms with van der Waals surface area (Å²) in [6.45, 7) is 4.88. The van der Waals surface area contributed by atoms with Crippen molar-refractivity contribution >= 4 is 11.6 Å². The molecule has 5 heteroatoms. The van der Waals surface area contributed by atoms with Gasteiger partial charge in [-0.3, -0.25) is 4.79 Å². The van der Waals surface area contributed by atoms with Crippen LogP contribution in [0.5, 0.6) is 0 Å². The van der Waals surface area contributed by atoms with Crippen LogP contribution >= 0.6 is 0 Å². The molecule has 2 saturated heterocycles. The lowest BCUT2D eigenvalue weighted by Gasteiger charge is -2.17. The monoisotopic (exact) mass is 393 g/mol. The first-order valence-corrected chi connectivity index (χ1v) is 10.8. The van der Waals surface area contributed by atoms with Gasteiger partial charge in [0.15, 0.2) is 0 Å². The van der Waals surface area contributed by atoms with Crippen molar-refractivity contribution in [2.75, 3.05) is 31.6 Å². The van der Waals surface area contributed by atoms with Gasteiger partial charge in [-0.2, -0.15) is 0 Å². The summed E-state index contributed by atoms with van der Waals surface area (Å²) >= 11 is 0. The molecule has 0 bridgehead atoms. The molecule has 2 N–H and O–H groups in total. The van der Waals surface area contributed by atoms with E-state index in [-0.39, 0.29) is 12.0 Å². The summed E-state index contributed by atoms with van der Waals surface area (Å²) in [7, 11) is 0. The van der Waals surface area contributed by atoms with E-state index >= 15 is 0 Å². The Kier molecular flexibility index (Phi) is 6.93. The zero-order chi connectivity index (χ0) is 19.9. The van der Waals surface area contributed by atoms with E-state index in [4.69, 9.17) is 4.74 Å². The summed E-state index contributed by atoms with van der Waals surface area (Å²) in [6, 6.07) is 19.3. The van der Waals surface area contributed by atoms with Crippen LogP contribution in [0.1, 0.15) is 30.4 Å². The summed E-state index contributed by atoms with van der Waals surface area (Å²) in [5.74, 6) is -0.0301. The molecule has 2 unspecified atom stereocenters. The third-order valence-electron chi connectivity index (χ3n) is 5.84. The summed E-state index contributed by atoms with van der Waals surface area (Å²) in [5.41, 5.74) is 3.45. The van der Waals surface area contributed by atoms with E-state index in [2.05, 4.69) is 58.0 Å². The molecule has 0 saturated carbocycles. The number of hydrogen-bond donors (Lipinski definition) is 2. The van der Waals surface area contributed by atoms with Crippen molar-refractivity contribution in [1.82, 2.24) is 10.2 Å². The number of amides is 1. The zero-order valence-corrected chi connectivity index (χ0v) is 17.0. The highest BCUT2D eigenvalue weighted by Gasteiger charge is 2.24. The number of nitrogens with zero attached hydrogens (tertiary/aromatic N) is 1. The molecule has 0 spiro atoms. The van der Waals surface area contributed by atoms with Crippen LogP contribution in [-0.2, 0) is 22.5 Å². The number of ether oxygens (including phenoxy) is 1. The maximum atomic E-state index is 12.2. The molecule has 2 fully saturated rings. The lowest BCUT2D eigenvalue weighted by molar-refractivity contribution is -0.124. The van der Waals surface area contributed by atoms with Crippen LogP contribution in [-0.4, -0.2) is 49.2 Å². The molecule has 2 aliphatic rings. The van der Waals surface area contributed by atoms with Crippen LogP contribution < -0.4 is 10.6 Å². The van der Waals surface area contributed by atoms with Crippen LogP contribution in [0.4, 0.5) is 5.69 Å². The van der Waals surface area contributed by atoms with Gasteiger partial charge in [-0.1, -0.05) is 42.5 Å². The summed E-state index contributed by atoms with van der Waals surface area (Å²) in [6.07, 6.45) is 3.78. The van der Waals surface area contributed by atoms with E-state index < -0.39 is 0 Å². The number of benzene rings is 2. The minimum Gasteiger partial charge on any atom is -0.368 e. The maximum Gasteiger partial charge on any atom is 0.253 e. The van der Waals surface area contributed by atoms with Crippen molar-refractivity contribution in [1.29, 1.82) is 0 Å². The first kappa shape index (κ1) is 20.1. The molecule has 29 heavy (non-hydrogen) atoms. The number of anilines is 1. The first-order valence-electron chi connectivity index (χ1n) is 10.8. The Bertz CT molecular complexity index is 790. The van der Waals surface area contributed by atoms with E-state index in [1.54, 1.807) is 0 Å². The third-order valence-corrected chi connectivity index (χ3v) is 5.84. The number of rotatable bonds is 8. The van der Waals surface area contributed by atoms with Crippen molar-refractivity contribution in [3.63, 3.8) is 0 Å². The largest absolute Gasteiger partial charge is 0.368 e. The molecule has 154 valence electrons. The predicted molar refractivity (Wildman–Crippen MR) is 116 cm³/mol. The molecule has 2 heterocycles. The lowest BCUT2D eigenvalue weighted by atomic mass is 10.1. The van der Waals surface area contributed by atoms with Crippen molar-refractivity contribution in [2.45, 2.75) is 44.4 Å². The summed E-state index contributed by atoms with van der Waals surface area (Å²) in [4.78, 5) is 14.8. The lowest BCUT2D eigenvalue weighted by Crippen LogP contribution is -2.32. The fourth-order valence-corrected chi connectivity index (χ4v) is 4.16. The Morgan fingerprint density at radius 1 is 1.07 bits per heavy atom. The maximum absolute atomic E-state index is 12.2. The quantitative estimate of drug-likeness (QED) is 0.723. The zero-order valence-electron chi connectivity index (χ0n) is 17.0. The van der Waals surface area contributed by atoms with Gasteiger partial charge >= 0.3 is 0 Å². The average Bonchev–Trinajstić information content (AvgIpc) is 3.44. The second-order valence-corrected chi connectivity index (χ2v) is 8.09. The van der Waals surface area contributed by atoms with Gasteiger partial charge < -0.3 is 20.3 Å². The van der Waals surface area contributed by atoms with E-state index in [9.17, 15) is 4.79 Å². The van der Waals surface area contributed by atoms with Crippen molar-refractivity contribution in [3.8, 4) is 0 Å². The fraction of sp³-hybridized carbons (Fsp3) is 0.458. The van der Waals surface area contributed by atoms with Crippen LogP contribution in [0.3, 0.4) is 0 Å². The normalized spacial score (nSPS) is 22.1. The highest BCUT2D eigenvalue weighted by molar-refractivity contribution is 5.94. The molecule has 0 radical (unpaired) electrons. The SMILES string of the molecule is O=C(Nc1cccc(CNC2CCN(CCc3ccccc3)C2)c1)C1CCCO1. The van der Waals surface area contributed by atoms with E-state index in [0.29, 0.717) is 12.6 Å². The standard InChI is InChI=1S/C24H31N3O2/c28-24(23-10-5-15-29-23)26-21-9-4-8-20(16-21)17-25-22-12-14-27(18-22)13-11-19-6-2-1-3-7-19/h1-4,6-9,16,22-23,25H,5,10-15,17-18H2,(H,26,28). The Labute approximate surface area is 173 Å². The van der Waals surface area contributed by atoms with Gasteiger partial charge in [-0.05, 0) is 55.5 Å². The van der Waals surface area contributed by atoms with Crippen molar-refractivity contribution < 1.29 is 9.53 Å². The average molecular weight is 394 g/mol. The second kappa shape index (κ2) is 10.0. The Balaban J connectivity index is 1.20. The van der Waals surface area contributed by atoms with Crippen LogP contribution in [0.25, 0.3) is 0 Å². The number of nitrogens with one attached hydrogen (secondary N) is 2. The van der Waals surface area contributed by atoms with Crippen LogP contribution in [0.15, 0.2) is 54.6 Å². The molecule has 0 aliphatic carbocycles. The predicted octanol–water partition coefficient (Wildman–Crippen LogP) is 3.21. The van der Waals surface area contributed by atoms with Gasteiger partial charge in [0.25, 0.3) is 5.91 Å². The second-order valence-electron chi connectivity index (χ2n) is 8.09. The van der Waals surface area contributed by atoms with E-state index in [1.807, 2.05) is 12.1 Å². The van der Waals surface area contributed by atoms with E-state index in [0.717, 1.165) is 51.1 Å². The minimum absolute atomic E-state index is 0.0301.